The molecule has 11 unspecified atom stereocenters. The van der Waals surface area contributed by atoms with Gasteiger partial charge in [0.1, 0.15) is 6.10 Å². The molecule has 0 radical (unpaired) electrons. The number of fused-ring (bicyclic) bond motifs is 7. The number of carbonyl (C=O) groups is 5. The summed E-state index contributed by atoms with van der Waals surface area (Å²) in [5.74, 6) is -30.1. The lowest BCUT2D eigenvalue weighted by Crippen LogP contribution is -2.74. The predicted octanol–water partition coefficient (Wildman–Crippen LogP) is -6.93. The molecule has 0 aromatic heterocycles. The summed E-state index contributed by atoms with van der Waals surface area (Å²) in [5.41, 5.74) is -11.1. The highest BCUT2D eigenvalue weighted by molar-refractivity contribution is 6.65. The Morgan fingerprint density at radius 3 is 2.04 bits per heavy atom. The van der Waals surface area contributed by atoms with E-state index in [1.165, 1.54) is 13.8 Å². The van der Waals surface area contributed by atoms with Crippen molar-refractivity contribution in [2.45, 2.75) is 99.9 Å². The molecule has 0 aromatic rings. The number of aliphatic hydroxyl groups excluding tert-OH is 2. The second-order valence-corrected chi connectivity index (χ2v) is 14.0. The van der Waals surface area contributed by atoms with Gasteiger partial charge in [-0.3, -0.25) is 19.2 Å². The van der Waals surface area contributed by atoms with Gasteiger partial charge in [-0.05, 0) is 42.9 Å². The van der Waals surface area contributed by atoms with Gasteiger partial charge in [0, 0.05) is 18.3 Å². The summed E-state index contributed by atoms with van der Waals surface area (Å²) in [7, 11) is 0. The summed E-state index contributed by atoms with van der Waals surface area (Å²) in [6.45, 7) is 0.450. The highest BCUT2D eigenvalue weighted by Gasteiger charge is 2.81. The third-order valence-corrected chi connectivity index (χ3v) is 11.2. The maximum atomic E-state index is 14.1. The van der Waals surface area contributed by atoms with Crippen LogP contribution in [0.1, 0.15) is 46.5 Å². The SMILES string of the molecule is CC12CC(=O)C(=O)C(=O)C1C(O)(O)CC1C2C(O)CC2(C)C1CC1OC(O)OC12C(=O)C(O)(O)OC(=O)C(O)(C(C)(O)O)C(O)(O)O. The fourth-order valence-electron chi connectivity index (χ4n) is 9.44. The van der Waals surface area contributed by atoms with Gasteiger partial charge in [-0.2, -0.15) is 0 Å². The number of aliphatic hydroxyl groups is 12. The lowest BCUT2D eigenvalue weighted by molar-refractivity contribution is -0.439. The largest absolute Gasteiger partial charge is 0.399 e. The lowest BCUT2D eigenvalue weighted by Gasteiger charge is -2.63. The van der Waals surface area contributed by atoms with Gasteiger partial charge >= 0.3 is 17.9 Å². The minimum atomic E-state index is -4.74. The monoisotopic (exact) mass is 680 g/mol. The fraction of sp³-hybridized carbons (Fsp3) is 0.815. The van der Waals surface area contributed by atoms with E-state index in [2.05, 4.69) is 4.74 Å². The van der Waals surface area contributed by atoms with E-state index in [4.69, 9.17) is 9.47 Å². The summed E-state index contributed by atoms with van der Waals surface area (Å²) in [5, 5.41) is 124. The Morgan fingerprint density at radius 1 is 0.936 bits per heavy atom. The van der Waals surface area contributed by atoms with Crippen molar-refractivity contribution in [1.29, 1.82) is 0 Å². The molecule has 5 aliphatic rings. The van der Waals surface area contributed by atoms with Crippen molar-refractivity contribution in [2.75, 3.05) is 0 Å². The Morgan fingerprint density at radius 2 is 1.51 bits per heavy atom. The number of hydrogen-bond donors (Lipinski definition) is 12. The molecule has 5 fully saturated rings. The highest BCUT2D eigenvalue weighted by Crippen LogP contribution is 2.71. The summed E-state index contributed by atoms with van der Waals surface area (Å²) >= 11 is 0. The summed E-state index contributed by atoms with van der Waals surface area (Å²) in [6, 6.07) is 0. The maximum Gasteiger partial charge on any atom is 0.391 e. The van der Waals surface area contributed by atoms with Crippen molar-refractivity contribution in [3.05, 3.63) is 0 Å². The third-order valence-electron chi connectivity index (χ3n) is 11.2. The molecule has 1 saturated heterocycles. The van der Waals surface area contributed by atoms with Gasteiger partial charge in [-0.1, -0.05) is 13.8 Å². The number of carbonyl (C=O) groups excluding carboxylic acids is 5. The van der Waals surface area contributed by atoms with Crippen LogP contribution in [0.2, 0.25) is 0 Å². The van der Waals surface area contributed by atoms with Crippen LogP contribution >= 0.6 is 0 Å². The summed E-state index contributed by atoms with van der Waals surface area (Å²) < 4.78 is 14.9. The normalized spacial score (nSPS) is 43.0. The van der Waals surface area contributed by atoms with Crippen LogP contribution in [0, 0.1) is 34.5 Å². The van der Waals surface area contributed by atoms with Crippen molar-refractivity contribution in [3.63, 3.8) is 0 Å². The first-order chi connectivity index (χ1) is 21.0. The van der Waals surface area contributed by atoms with Gasteiger partial charge in [0.15, 0.2) is 11.4 Å². The Labute approximate surface area is 263 Å². The van der Waals surface area contributed by atoms with Crippen LogP contribution in [0.15, 0.2) is 0 Å². The zero-order valence-electron chi connectivity index (χ0n) is 25.0. The molecule has 20 nitrogen and oxygen atoms in total. The van der Waals surface area contributed by atoms with Gasteiger partial charge < -0.3 is 75.5 Å². The molecule has 47 heavy (non-hydrogen) atoms. The Bertz CT molecular complexity index is 1410. The molecule has 0 aromatic carbocycles. The van der Waals surface area contributed by atoms with Gasteiger partial charge in [0.2, 0.25) is 17.4 Å². The van der Waals surface area contributed by atoms with Crippen LogP contribution in [0.4, 0.5) is 0 Å². The first-order valence-corrected chi connectivity index (χ1v) is 14.4. The summed E-state index contributed by atoms with van der Waals surface area (Å²) in [6.07, 6.45) is -5.67. The van der Waals surface area contributed by atoms with Gasteiger partial charge in [-0.15, -0.1) is 0 Å². The number of hydrogen-bond acceptors (Lipinski definition) is 20. The van der Waals surface area contributed by atoms with Crippen molar-refractivity contribution in [2.24, 2.45) is 34.5 Å². The van der Waals surface area contributed by atoms with Crippen LogP contribution in [0.5, 0.6) is 0 Å². The quantitative estimate of drug-likeness (QED) is 0.0704. The van der Waals surface area contributed by atoms with Gasteiger partial charge in [0.25, 0.3) is 23.6 Å². The smallest absolute Gasteiger partial charge is 0.391 e. The highest BCUT2D eigenvalue weighted by atomic mass is 16.8. The van der Waals surface area contributed by atoms with E-state index in [1.807, 2.05) is 0 Å². The van der Waals surface area contributed by atoms with E-state index >= 15 is 0 Å². The van der Waals surface area contributed by atoms with Crippen molar-refractivity contribution >= 4 is 29.1 Å². The van der Waals surface area contributed by atoms with E-state index in [0.29, 0.717) is 0 Å². The van der Waals surface area contributed by atoms with E-state index in [0.717, 1.165) is 0 Å². The minimum absolute atomic E-state index is 0.145. The van der Waals surface area contributed by atoms with Gasteiger partial charge in [-0.25, -0.2) is 4.79 Å². The summed E-state index contributed by atoms with van der Waals surface area (Å²) in [4.78, 5) is 64.5. The van der Waals surface area contributed by atoms with Crippen LogP contribution in [0.3, 0.4) is 0 Å². The van der Waals surface area contributed by atoms with E-state index < -0.39 is 136 Å². The Balaban J connectivity index is 1.57. The number of esters is 1. The van der Waals surface area contributed by atoms with Crippen LogP contribution in [-0.2, 0) is 38.2 Å². The lowest BCUT2D eigenvalue weighted by atomic mass is 9.42. The minimum Gasteiger partial charge on any atom is -0.399 e. The van der Waals surface area contributed by atoms with Crippen molar-refractivity contribution < 1.29 is 99.5 Å². The first kappa shape index (κ1) is 35.9. The molecule has 11 atom stereocenters. The van der Waals surface area contributed by atoms with E-state index in [-0.39, 0.29) is 13.3 Å². The number of Topliss-reactive ketones (excluding diaryl/α,β-unsaturated/α-hetero) is 4. The Hall–Kier alpha value is -2.41. The van der Waals surface area contributed by atoms with Crippen LogP contribution in [-0.4, -0.2) is 144 Å². The molecule has 1 aliphatic heterocycles. The molecule has 1 heterocycles. The third kappa shape index (κ3) is 4.49. The van der Waals surface area contributed by atoms with E-state index in [1.54, 1.807) is 0 Å². The molecule has 5 rings (SSSR count). The Kier molecular flexibility index (Phi) is 7.69. The standard InChI is InChI=1S/C27H36O20/c1-20-6-11(29)14(30)15(31)16(20)23(37,38)5-8-9-4-12-24(47-19(34)45-12,21(9,2)7-10(28)13(8)20)17(32)26(40,41)46-18(33)25(39,22(3,35)36)27(42,43)44/h8-10,12-13,16,19,28,34-44H,4-7H2,1-3H3. The number of ketones is 4. The predicted molar refractivity (Wildman–Crippen MR) is 137 cm³/mol. The molecular weight excluding hydrogens is 644 g/mol. The fourth-order valence-corrected chi connectivity index (χ4v) is 9.44. The van der Waals surface area contributed by atoms with Crippen molar-refractivity contribution in [3.8, 4) is 0 Å². The average molecular weight is 681 g/mol. The molecule has 0 bridgehead atoms. The first-order valence-electron chi connectivity index (χ1n) is 14.4. The van der Waals surface area contributed by atoms with Gasteiger partial charge in [0.05, 0.1) is 12.0 Å². The molecule has 0 spiro atoms. The zero-order valence-corrected chi connectivity index (χ0v) is 25.0. The molecule has 4 saturated carbocycles. The topological polar surface area (TPSA) is 356 Å². The van der Waals surface area contributed by atoms with Crippen LogP contribution < -0.4 is 0 Å². The maximum absolute atomic E-state index is 14.1. The number of rotatable bonds is 6. The second-order valence-electron chi connectivity index (χ2n) is 14.0. The molecule has 12 N–H and O–H groups in total. The zero-order chi connectivity index (χ0) is 35.9. The molecule has 4 aliphatic carbocycles. The molecule has 20 heteroatoms. The second kappa shape index (κ2) is 10.1. The molecule has 0 amide bonds. The van der Waals surface area contributed by atoms with Crippen molar-refractivity contribution in [1.82, 2.24) is 0 Å². The molecular formula is C27H36O20. The van der Waals surface area contributed by atoms with Crippen LogP contribution in [0.25, 0.3) is 0 Å². The average Bonchev–Trinajstić information content (AvgIpc) is 3.33. The molecule has 264 valence electrons. The number of ether oxygens (including phenoxy) is 3. The van der Waals surface area contributed by atoms with E-state index in [9.17, 15) is 85.3 Å².